The molecule has 19 heavy (non-hydrogen) atoms. The van der Waals surface area contributed by atoms with Crippen molar-refractivity contribution in [1.82, 2.24) is 10.1 Å². The predicted molar refractivity (Wildman–Crippen MR) is 73.8 cm³/mol. The van der Waals surface area contributed by atoms with Gasteiger partial charge in [-0.2, -0.15) is 4.98 Å². The molecule has 0 saturated heterocycles. The van der Waals surface area contributed by atoms with Gasteiger partial charge in [0, 0.05) is 4.47 Å². The van der Waals surface area contributed by atoms with Gasteiger partial charge in [-0.05, 0) is 47.0 Å². The molecule has 0 spiro atoms. The highest BCUT2D eigenvalue weighted by Crippen LogP contribution is 2.30. The van der Waals surface area contributed by atoms with Crippen LogP contribution in [0.4, 0.5) is 4.39 Å². The Morgan fingerprint density at radius 3 is 2.63 bits per heavy atom. The minimum atomic E-state index is -0.589. The first-order chi connectivity index (χ1) is 9.00. The van der Waals surface area contributed by atoms with Crippen molar-refractivity contribution in [1.29, 1.82) is 0 Å². The molecule has 0 radical (unpaired) electrons. The van der Waals surface area contributed by atoms with Crippen molar-refractivity contribution in [3.8, 4) is 11.5 Å². The van der Waals surface area contributed by atoms with Gasteiger partial charge in [-0.3, -0.25) is 0 Å². The second-order valence-electron chi connectivity index (χ2n) is 4.41. The van der Waals surface area contributed by atoms with E-state index in [1.54, 1.807) is 6.07 Å². The number of hydrogen-bond acceptors (Lipinski definition) is 4. The van der Waals surface area contributed by atoms with E-state index in [9.17, 15) is 4.39 Å². The van der Waals surface area contributed by atoms with Crippen LogP contribution >= 0.6 is 15.9 Å². The predicted octanol–water partition coefficient (Wildman–Crippen LogP) is 3.61. The van der Waals surface area contributed by atoms with Gasteiger partial charge in [-0.15, -0.1) is 0 Å². The van der Waals surface area contributed by atoms with E-state index < -0.39 is 5.54 Å². The molecule has 1 heterocycles. The molecule has 2 rings (SSSR count). The summed E-state index contributed by atoms with van der Waals surface area (Å²) in [5.74, 6) is 0.480. The van der Waals surface area contributed by atoms with E-state index in [4.69, 9.17) is 10.3 Å². The quantitative estimate of drug-likeness (QED) is 0.931. The first-order valence-electron chi connectivity index (χ1n) is 6.08. The normalized spacial score (nSPS) is 11.8. The highest BCUT2D eigenvalue weighted by molar-refractivity contribution is 9.10. The molecule has 0 aliphatic carbocycles. The van der Waals surface area contributed by atoms with Gasteiger partial charge in [0.2, 0.25) is 0 Å². The van der Waals surface area contributed by atoms with Crippen LogP contribution in [0.2, 0.25) is 0 Å². The van der Waals surface area contributed by atoms with Crippen LogP contribution in [0.1, 0.15) is 32.5 Å². The van der Waals surface area contributed by atoms with Crippen molar-refractivity contribution in [2.45, 2.75) is 32.2 Å². The zero-order valence-corrected chi connectivity index (χ0v) is 12.4. The van der Waals surface area contributed by atoms with E-state index in [1.165, 1.54) is 12.1 Å². The molecular formula is C13H15BrFN3O. The SMILES string of the molecule is CCC(N)(CC)c1noc(-c2ccc(F)cc2Br)n1. The molecule has 0 atom stereocenters. The molecule has 0 fully saturated rings. The Bertz CT molecular complexity index is 581. The monoisotopic (exact) mass is 327 g/mol. The molecule has 0 unspecified atom stereocenters. The van der Waals surface area contributed by atoms with Crippen LogP contribution in [0.25, 0.3) is 11.5 Å². The fourth-order valence-electron chi connectivity index (χ4n) is 1.76. The first-order valence-corrected chi connectivity index (χ1v) is 6.88. The van der Waals surface area contributed by atoms with Gasteiger partial charge < -0.3 is 10.3 Å². The lowest BCUT2D eigenvalue weighted by Crippen LogP contribution is -2.36. The highest BCUT2D eigenvalue weighted by atomic mass is 79.9. The zero-order valence-electron chi connectivity index (χ0n) is 10.8. The van der Waals surface area contributed by atoms with Gasteiger partial charge in [0.15, 0.2) is 5.82 Å². The van der Waals surface area contributed by atoms with Gasteiger partial charge in [0.05, 0.1) is 11.1 Å². The zero-order chi connectivity index (χ0) is 14.0. The fraction of sp³-hybridized carbons (Fsp3) is 0.385. The van der Waals surface area contributed by atoms with Gasteiger partial charge in [0.25, 0.3) is 5.89 Å². The van der Waals surface area contributed by atoms with Crippen molar-refractivity contribution < 1.29 is 8.91 Å². The number of nitrogens with zero attached hydrogens (tertiary/aromatic N) is 2. The van der Waals surface area contributed by atoms with Crippen molar-refractivity contribution in [2.75, 3.05) is 0 Å². The number of rotatable bonds is 4. The van der Waals surface area contributed by atoms with E-state index >= 15 is 0 Å². The van der Waals surface area contributed by atoms with E-state index in [0.717, 1.165) is 0 Å². The van der Waals surface area contributed by atoms with Crippen LogP contribution in [0.5, 0.6) is 0 Å². The lowest BCUT2D eigenvalue weighted by atomic mass is 9.93. The number of benzene rings is 1. The number of halogens is 2. The molecule has 2 N–H and O–H groups in total. The summed E-state index contributed by atoms with van der Waals surface area (Å²) in [5.41, 5.74) is 6.27. The van der Waals surface area contributed by atoms with Crippen molar-refractivity contribution in [3.05, 3.63) is 34.3 Å². The van der Waals surface area contributed by atoms with E-state index in [2.05, 4.69) is 26.1 Å². The second kappa shape index (κ2) is 5.38. The molecule has 0 aliphatic heterocycles. The summed E-state index contributed by atoms with van der Waals surface area (Å²) in [6.07, 6.45) is 1.43. The molecular weight excluding hydrogens is 313 g/mol. The lowest BCUT2D eigenvalue weighted by molar-refractivity contribution is 0.350. The number of hydrogen-bond donors (Lipinski definition) is 1. The Kier molecular flexibility index (Phi) is 4.01. The topological polar surface area (TPSA) is 64.9 Å². The first kappa shape index (κ1) is 14.1. The molecule has 102 valence electrons. The summed E-state index contributed by atoms with van der Waals surface area (Å²) < 4.78 is 18.8. The van der Waals surface area contributed by atoms with Crippen LogP contribution < -0.4 is 5.73 Å². The van der Waals surface area contributed by atoms with Crippen LogP contribution in [0.3, 0.4) is 0 Å². The molecule has 1 aromatic carbocycles. The third-order valence-electron chi connectivity index (χ3n) is 3.29. The standard InChI is InChI=1S/C13H15BrFN3O/c1-3-13(16,4-2)12-17-11(19-18-12)9-6-5-8(15)7-10(9)14/h5-7H,3-4,16H2,1-2H3. The van der Waals surface area contributed by atoms with Crippen LogP contribution in [-0.2, 0) is 5.54 Å². The maximum absolute atomic E-state index is 13.1. The summed E-state index contributed by atoms with van der Waals surface area (Å²) in [7, 11) is 0. The second-order valence-corrected chi connectivity index (χ2v) is 5.26. The molecule has 0 amide bonds. The smallest absolute Gasteiger partial charge is 0.259 e. The van der Waals surface area contributed by atoms with E-state index in [-0.39, 0.29) is 5.82 Å². The van der Waals surface area contributed by atoms with E-state index in [1.807, 2.05) is 13.8 Å². The van der Waals surface area contributed by atoms with Crippen LogP contribution in [0, 0.1) is 5.82 Å². The Morgan fingerprint density at radius 2 is 2.05 bits per heavy atom. The Morgan fingerprint density at radius 1 is 1.37 bits per heavy atom. The van der Waals surface area contributed by atoms with Crippen molar-refractivity contribution in [2.24, 2.45) is 5.73 Å². The molecule has 4 nitrogen and oxygen atoms in total. The summed E-state index contributed by atoms with van der Waals surface area (Å²) >= 11 is 3.28. The average molecular weight is 328 g/mol. The maximum Gasteiger partial charge on any atom is 0.259 e. The largest absolute Gasteiger partial charge is 0.334 e. The highest BCUT2D eigenvalue weighted by Gasteiger charge is 2.29. The van der Waals surface area contributed by atoms with Crippen LogP contribution in [-0.4, -0.2) is 10.1 Å². The lowest BCUT2D eigenvalue weighted by Gasteiger charge is -2.21. The maximum atomic E-state index is 13.1. The van der Waals surface area contributed by atoms with Crippen molar-refractivity contribution in [3.63, 3.8) is 0 Å². The fourth-order valence-corrected chi connectivity index (χ4v) is 2.28. The molecule has 0 saturated carbocycles. The Hall–Kier alpha value is -1.27. The minimum absolute atomic E-state index is 0.328. The Balaban J connectivity index is 2.41. The Labute approximate surface area is 119 Å². The number of aromatic nitrogens is 2. The molecule has 6 heteroatoms. The summed E-state index contributed by atoms with van der Waals surface area (Å²) in [5, 5.41) is 3.94. The minimum Gasteiger partial charge on any atom is -0.334 e. The number of nitrogens with two attached hydrogens (primary N) is 1. The van der Waals surface area contributed by atoms with Gasteiger partial charge in [0.1, 0.15) is 5.82 Å². The molecule has 0 aliphatic rings. The van der Waals surface area contributed by atoms with Gasteiger partial charge >= 0.3 is 0 Å². The van der Waals surface area contributed by atoms with Crippen LogP contribution in [0.15, 0.2) is 27.2 Å². The molecule has 2 aromatic rings. The summed E-state index contributed by atoms with van der Waals surface area (Å²) in [6, 6.07) is 4.29. The summed E-state index contributed by atoms with van der Waals surface area (Å²) in [6.45, 7) is 3.96. The summed E-state index contributed by atoms with van der Waals surface area (Å²) in [4.78, 5) is 4.33. The average Bonchev–Trinajstić information content (AvgIpc) is 2.88. The third kappa shape index (κ3) is 2.69. The molecule has 0 bridgehead atoms. The van der Waals surface area contributed by atoms with Crippen molar-refractivity contribution >= 4 is 15.9 Å². The van der Waals surface area contributed by atoms with E-state index in [0.29, 0.717) is 34.6 Å². The van der Waals surface area contributed by atoms with Gasteiger partial charge in [-0.25, -0.2) is 4.39 Å². The molecule has 1 aromatic heterocycles. The third-order valence-corrected chi connectivity index (χ3v) is 3.95. The van der Waals surface area contributed by atoms with Gasteiger partial charge in [-0.1, -0.05) is 19.0 Å².